The van der Waals surface area contributed by atoms with Crippen LogP contribution in [0.3, 0.4) is 0 Å². The van der Waals surface area contributed by atoms with Gasteiger partial charge in [0.15, 0.2) is 4.96 Å². The van der Waals surface area contributed by atoms with Crippen molar-refractivity contribution in [3.05, 3.63) is 23.5 Å². The fraction of sp³-hybridized carbons (Fsp3) is 0.571. The van der Waals surface area contributed by atoms with Crippen molar-refractivity contribution in [3.63, 3.8) is 0 Å². The monoisotopic (exact) mass is 341 g/mol. The van der Waals surface area contributed by atoms with Gasteiger partial charge in [-0.1, -0.05) is 6.42 Å². The molecule has 0 saturated heterocycles. The van der Waals surface area contributed by atoms with Gasteiger partial charge in [0.2, 0.25) is 5.91 Å². The number of hydrogen-bond acceptors (Lipinski definition) is 5. The number of hydrogen-bond donors (Lipinski definition) is 1. The number of aromatic nitrogens is 2. The first-order valence-corrected chi connectivity index (χ1v) is 10.1. The fourth-order valence-corrected chi connectivity index (χ4v) is 4.87. The van der Waals surface area contributed by atoms with Gasteiger partial charge in [0.05, 0.1) is 17.4 Å². The van der Waals surface area contributed by atoms with E-state index >= 15 is 0 Å². The average Bonchev–Trinajstić information content (AvgIpc) is 2.98. The van der Waals surface area contributed by atoms with E-state index in [2.05, 4.69) is 10.3 Å². The molecule has 0 radical (unpaired) electrons. The zero-order chi connectivity index (χ0) is 15.7. The molecular formula is C14H19N3O3S2. The standard InChI is InChI=1S/C14H19N3O3S2/c1-22(19,20)12-4-2-3-10(7-12)15-13(18)8-11-9-17-5-6-21-14(17)16-11/h5-6,9-10,12H,2-4,7-8H2,1H3,(H,15,18). The Morgan fingerprint density at radius 2 is 2.32 bits per heavy atom. The lowest BCUT2D eigenvalue weighted by atomic mass is 9.95. The molecule has 0 aliphatic heterocycles. The molecule has 1 saturated carbocycles. The number of amides is 1. The first-order valence-electron chi connectivity index (χ1n) is 7.31. The highest BCUT2D eigenvalue weighted by Gasteiger charge is 2.29. The lowest BCUT2D eigenvalue weighted by Gasteiger charge is -2.28. The van der Waals surface area contributed by atoms with Crippen LogP contribution in [-0.2, 0) is 21.1 Å². The minimum atomic E-state index is -3.03. The summed E-state index contributed by atoms with van der Waals surface area (Å²) in [6.07, 6.45) is 8.16. The lowest BCUT2D eigenvalue weighted by Crippen LogP contribution is -2.42. The van der Waals surface area contributed by atoms with Crippen LogP contribution in [0.5, 0.6) is 0 Å². The third-order valence-corrected chi connectivity index (χ3v) is 6.49. The smallest absolute Gasteiger partial charge is 0.226 e. The molecule has 0 bridgehead atoms. The van der Waals surface area contributed by atoms with Crippen molar-refractivity contribution in [3.8, 4) is 0 Å². The quantitative estimate of drug-likeness (QED) is 0.912. The minimum absolute atomic E-state index is 0.0512. The number of nitrogens with one attached hydrogen (secondary N) is 1. The first kappa shape index (κ1) is 15.5. The van der Waals surface area contributed by atoms with Crippen LogP contribution in [0.15, 0.2) is 17.8 Å². The summed E-state index contributed by atoms with van der Waals surface area (Å²) in [6.45, 7) is 0. The Morgan fingerprint density at radius 3 is 3.05 bits per heavy atom. The van der Waals surface area contributed by atoms with E-state index in [1.807, 2.05) is 22.2 Å². The molecule has 6 nitrogen and oxygen atoms in total. The van der Waals surface area contributed by atoms with Gasteiger partial charge in [-0.25, -0.2) is 13.4 Å². The Labute approximate surface area is 133 Å². The van der Waals surface area contributed by atoms with Crippen LogP contribution in [0.4, 0.5) is 0 Å². The second-order valence-corrected chi connectivity index (χ2v) is 9.08. The number of fused-ring (bicyclic) bond motifs is 1. The molecular weight excluding hydrogens is 322 g/mol. The maximum Gasteiger partial charge on any atom is 0.226 e. The van der Waals surface area contributed by atoms with E-state index in [1.165, 1.54) is 17.6 Å². The molecule has 3 rings (SSSR count). The summed E-state index contributed by atoms with van der Waals surface area (Å²) in [5.74, 6) is -0.0927. The van der Waals surface area contributed by atoms with Crippen molar-refractivity contribution in [2.45, 2.75) is 43.4 Å². The van der Waals surface area contributed by atoms with Crippen LogP contribution in [-0.4, -0.2) is 41.3 Å². The molecule has 1 aliphatic carbocycles. The van der Waals surface area contributed by atoms with Gasteiger partial charge in [-0.05, 0) is 19.3 Å². The van der Waals surface area contributed by atoms with Gasteiger partial charge in [-0.3, -0.25) is 9.20 Å². The van der Waals surface area contributed by atoms with Gasteiger partial charge in [-0.15, -0.1) is 11.3 Å². The maximum absolute atomic E-state index is 12.1. The van der Waals surface area contributed by atoms with Crippen LogP contribution >= 0.6 is 11.3 Å². The molecule has 1 fully saturated rings. The number of sulfone groups is 1. The predicted molar refractivity (Wildman–Crippen MR) is 85.8 cm³/mol. The van der Waals surface area contributed by atoms with E-state index < -0.39 is 9.84 Å². The van der Waals surface area contributed by atoms with Crippen molar-refractivity contribution >= 4 is 32.0 Å². The molecule has 2 atom stereocenters. The Kier molecular flexibility index (Phi) is 4.22. The van der Waals surface area contributed by atoms with E-state index in [-0.39, 0.29) is 23.6 Å². The summed E-state index contributed by atoms with van der Waals surface area (Å²) >= 11 is 1.53. The largest absolute Gasteiger partial charge is 0.353 e. The number of imidazole rings is 1. The molecule has 1 N–H and O–H groups in total. The summed E-state index contributed by atoms with van der Waals surface area (Å²) in [5.41, 5.74) is 0.736. The Morgan fingerprint density at radius 1 is 1.50 bits per heavy atom. The molecule has 1 aliphatic rings. The number of nitrogens with zero attached hydrogens (tertiary/aromatic N) is 2. The van der Waals surface area contributed by atoms with E-state index in [1.54, 1.807) is 0 Å². The van der Waals surface area contributed by atoms with E-state index in [4.69, 9.17) is 0 Å². The van der Waals surface area contributed by atoms with Gasteiger partial charge < -0.3 is 5.32 Å². The summed E-state index contributed by atoms with van der Waals surface area (Å²) in [7, 11) is -3.03. The zero-order valence-corrected chi connectivity index (χ0v) is 14.0. The van der Waals surface area contributed by atoms with Crippen molar-refractivity contribution in [2.75, 3.05) is 6.26 Å². The summed E-state index contributed by atoms with van der Waals surface area (Å²) < 4.78 is 25.2. The third kappa shape index (κ3) is 3.49. The van der Waals surface area contributed by atoms with Gasteiger partial charge in [0.1, 0.15) is 9.84 Å². The van der Waals surface area contributed by atoms with E-state index in [9.17, 15) is 13.2 Å². The van der Waals surface area contributed by atoms with Crippen LogP contribution in [0, 0.1) is 0 Å². The minimum Gasteiger partial charge on any atom is -0.353 e. The summed E-state index contributed by atoms with van der Waals surface area (Å²) in [6, 6.07) is -0.0512. The van der Waals surface area contributed by atoms with Crippen molar-refractivity contribution in [2.24, 2.45) is 0 Å². The molecule has 1 amide bonds. The number of carbonyl (C=O) groups is 1. The topological polar surface area (TPSA) is 80.5 Å². The molecule has 2 heterocycles. The Hall–Kier alpha value is -1.41. The highest BCUT2D eigenvalue weighted by atomic mass is 32.2. The normalized spacial score (nSPS) is 22.8. The number of rotatable bonds is 4. The number of thiazole rings is 1. The third-order valence-electron chi connectivity index (χ3n) is 4.08. The zero-order valence-electron chi connectivity index (χ0n) is 12.4. The van der Waals surface area contributed by atoms with Crippen molar-refractivity contribution < 1.29 is 13.2 Å². The van der Waals surface area contributed by atoms with Crippen molar-refractivity contribution in [1.82, 2.24) is 14.7 Å². The predicted octanol–water partition coefficient (Wildman–Crippen LogP) is 1.41. The van der Waals surface area contributed by atoms with E-state index in [0.717, 1.165) is 23.5 Å². The van der Waals surface area contributed by atoms with Crippen LogP contribution < -0.4 is 5.32 Å². The van der Waals surface area contributed by atoms with Gasteiger partial charge in [-0.2, -0.15) is 0 Å². The SMILES string of the molecule is CS(=O)(=O)C1CCCC(NC(=O)Cc2cn3ccsc3n2)C1. The van der Waals surface area contributed by atoms with Gasteiger partial charge in [0, 0.05) is 30.1 Å². The molecule has 22 heavy (non-hydrogen) atoms. The average molecular weight is 341 g/mol. The van der Waals surface area contributed by atoms with E-state index in [0.29, 0.717) is 12.8 Å². The second-order valence-electron chi connectivity index (χ2n) is 5.88. The van der Waals surface area contributed by atoms with Gasteiger partial charge >= 0.3 is 0 Å². The number of carbonyl (C=O) groups excluding carboxylic acids is 1. The molecule has 2 unspecified atom stereocenters. The highest BCUT2D eigenvalue weighted by Crippen LogP contribution is 2.24. The molecule has 0 spiro atoms. The van der Waals surface area contributed by atoms with Crippen molar-refractivity contribution in [1.29, 1.82) is 0 Å². The van der Waals surface area contributed by atoms with Gasteiger partial charge in [0.25, 0.3) is 0 Å². The first-order chi connectivity index (χ1) is 10.4. The molecule has 120 valence electrons. The highest BCUT2D eigenvalue weighted by molar-refractivity contribution is 7.91. The molecule has 2 aromatic heterocycles. The Balaban J connectivity index is 1.58. The van der Waals surface area contributed by atoms with Crippen LogP contribution in [0.2, 0.25) is 0 Å². The maximum atomic E-state index is 12.1. The van der Waals surface area contributed by atoms with Crippen LogP contribution in [0.1, 0.15) is 31.4 Å². The second kappa shape index (κ2) is 6.00. The molecule has 0 aromatic carbocycles. The summed E-state index contributed by atoms with van der Waals surface area (Å²) in [5, 5.41) is 4.57. The molecule has 8 heteroatoms. The lowest BCUT2D eigenvalue weighted by molar-refractivity contribution is -0.121. The van der Waals surface area contributed by atoms with Crippen LogP contribution in [0.25, 0.3) is 4.96 Å². The summed E-state index contributed by atoms with van der Waals surface area (Å²) in [4.78, 5) is 17.4. The Bertz CT molecular complexity index is 750. The fourth-order valence-electron chi connectivity index (χ4n) is 2.97. The molecule has 2 aromatic rings.